The second-order valence-electron chi connectivity index (χ2n) is 6.60. The molecule has 2 aromatic rings. The minimum Gasteiger partial charge on any atom is -0.493 e. The largest absolute Gasteiger partial charge is 0.493 e. The van der Waals surface area contributed by atoms with Crippen LogP contribution >= 0.6 is 11.6 Å². The van der Waals surface area contributed by atoms with Crippen molar-refractivity contribution in [3.63, 3.8) is 0 Å². The van der Waals surface area contributed by atoms with E-state index in [1.807, 2.05) is 42.5 Å². The molecule has 3 rings (SSSR count). The Morgan fingerprint density at radius 3 is 2.42 bits per heavy atom. The second kappa shape index (κ2) is 8.45. The van der Waals surface area contributed by atoms with E-state index in [1.54, 1.807) is 14.2 Å². The fraction of sp³-hybridized carbons (Fsp3) is 0.381. The summed E-state index contributed by atoms with van der Waals surface area (Å²) < 4.78 is 10.6. The molecule has 0 bridgehead atoms. The van der Waals surface area contributed by atoms with Crippen molar-refractivity contribution in [3.05, 3.63) is 58.6 Å². The van der Waals surface area contributed by atoms with E-state index in [1.165, 1.54) is 0 Å². The third kappa shape index (κ3) is 4.50. The molecule has 1 atom stereocenters. The van der Waals surface area contributed by atoms with E-state index < -0.39 is 0 Å². The van der Waals surface area contributed by atoms with Crippen molar-refractivity contribution in [3.8, 4) is 11.5 Å². The van der Waals surface area contributed by atoms with Crippen LogP contribution in [0.4, 0.5) is 0 Å². The molecule has 1 fully saturated rings. The first-order valence-corrected chi connectivity index (χ1v) is 9.24. The highest BCUT2D eigenvalue weighted by molar-refractivity contribution is 6.30. The first-order chi connectivity index (χ1) is 12.6. The van der Waals surface area contributed by atoms with Crippen molar-refractivity contribution in [2.45, 2.75) is 25.2 Å². The SMILES string of the molecule is COc1ccc(CCNC(=O)C(c2ccc(Cl)cc2)C2CC2)cc1OC. The third-order valence-electron chi connectivity index (χ3n) is 4.77. The summed E-state index contributed by atoms with van der Waals surface area (Å²) in [5.74, 6) is 1.86. The first-order valence-electron chi connectivity index (χ1n) is 8.86. The lowest BCUT2D eigenvalue weighted by Crippen LogP contribution is -2.32. The van der Waals surface area contributed by atoms with Crippen LogP contribution in [0.15, 0.2) is 42.5 Å². The normalized spacial score (nSPS) is 14.6. The van der Waals surface area contributed by atoms with Gasteiger partial charge in [0.05, 0.1) is 20.1 Å². The fourth-order valence-electron chi connectivity index (χ4n) is 3.21. The highest BCUT2D eigenvalue weighted by atomic mass is 35.5. The molecule has 1 aliphatic carbocycles. The van der Waals surface area contributed by atoms with Crippen molar-refractivity contribution in [1.82, 2.24) is 5.32 Å². The molecule has 0 spiro atoms. The van der Waals surface area contributed by atoms with Gasteiger partial charge in [-0.1, -0.05) is 29.8 Å². The predicted molar refractivity (Wildman–Crippen MR) is 103 cm³/mol. The lowest BCUT2D eigenvalue weighted by atomic mass is 9.93. The minimum absolute atomic E-state index is 0.0855. The molecule has 138 valence electrons. The minimum atomic E-state index is -0.0855. The number of rotatable bonds is 8. The Hall–Kier alpha value is -2.20. The Morgan fingerprint density at radius 1 is 1.12 bits per heavy atom. The molecule has 0 aromatic heterocycles. The van der Waals surface area contributed by atoms with Crippen molar-refractivity contribution in [2.24, 2.45) is 5.92 Å². The van der Waals surface area contributed by atoms with Gasteiger partial charge in [-0.15, -0.1) is 0 Å². The van der Waals surface area contributed by atoms with Crippen molar-refractivity contribution in [2.75, 3.05) is 20.8 Å². The molecule has 1 saturated carbocycles. The molecule has 1 aliphatic rings. The molecule has 0 saturated heterocycles. The van der Waals surface area contributed by atoms with Gasteiger partial charge in [0.15, 0.2) is 11.5 Å². The quantitative estimate of drug-likeness (QED) is 0.754. The molecule has 2 aromatic carbocycles. The topological polar surface area (TPSA) is 47.6 Å². The molecular formula is C21H24ClNO3. The average molecular weight is 374 g/mol. The van der Waals surface area contributed by atoms with Crippen LogP contribution in [0.3, 0.4) is 0 Å². The van der Waals surface area contributed by atoms with Crippen LogP contribution in [0.2, 0.25) is 5.02 Å². The van der Waals surface area contributed by atoms with Gasteiger partial charge in [0.2, 0.25) is 5.91 Å². The Labute approximate surface area is 159 Å². The summed E-state index contributed by atoms with van der Waals surface area (Å²) in [6.45, 7) is 0.588. The molecule has 1 unspecified atom stereocenters. The van der Waals surface area contributed by atoms with Crippen molar-refractivity contribution >= 4 is 17.5 Å². The maximum absolute atomic E-state index is 12.7. The molecule has 0 radical (unpaired) electrons. The second-order valence-corrected chi connectivity index (χ2v) is 7.03. The van der Waals surface area contributed by atoms with Crippen LogP contribution < -0.4 is 14.8 Å². The summed E-state index contributed by atoms with van der Waals surface area (Å²) in [7, 11) is 3.24. The number of benzene rings is 2. The lowest BCUT2D eigenvalue weighted by molar-refractivity contribution is -0.123. The van der Waals surface area contributed by atoms with E-state index in [4.69, 9.17) is 21.1 Å². The van der Waals surface area contributed by atoms with Crippen LogP contribution in [-0.4, -0.2) is 26.7 Å². The molecule has 0 heterocycles. The van der Waals surface area contributed by atoms with E-state index in [0.717, 1.165) is 30.4 Å². The van der Waals surface area contributed by atoms with Crippen LogP contribution in [0.25, 0.3) is 0 Å². The maximum Gasteiger partial charge on any atom is 0.227 e. The number of methoxy groups -OCH3 is 2. The van der Waals surface area contributed by atoms with E-state index in [0.29, 0.717) is 29.0 Å². The standard InChI is InChI=1S/C21H24ClNO3/c1-25-18-10-3-14(13-19(18)26-2)11-12-23-21(24)20(15-4-5-15)16-6-8-17(22)9-7-16/h3,6-10,13,15,20H,4-5,11-12H2,1-2H3,(H,23,24). The molecule has 1 amide bonds. The molecule has 26 heavy (non-hydrogen) atoms. The molecular weight excluding hydrogens is 350 g/mol. The summed E-state index contributed by atoms with van der Waals surface area (Å²) in [6.07, 6.45) is 2.96. The average Bonchev–Trinajstić information content (AvgIpc) is 3.48. The van der Waals surface area contributed by atoms with Gasteiger partial charge in [0.1, 0.15) is 0 Å². The molecule has 4 nitrogen and oxygen atoms in total. The van der Waals surface area contributed by atoms with Crippen LogP contribution in [-0.2, 0) is 11.2 Å². The van der Waals surface area contributed by atoms with E-state index in [9.17, 15) is 4.79 Å². The summed E-state index contributed by atoms with van der Waals surface area (Å²) in [6, 6.07) is 13.4. The number of hydrogen-bond donors (Lipinski definition) is 1. The smallest absolute Gasteiger partial charge is 0.227 e. The van der Waals surface area contributed by atoms with Gasteiger partial charge in [0, 0.05) is 11.6 Å². The number of nitrogens with one attached hydrogen (secondary N) is 1. The monoisotopic (exact) mass is 373 g/mol. The highest BCUT2D eigenvalue weighted by Crippen LogP contribution is 2.43. The first kappa shape index (κ1) is 18.6. The maximum atomic E-state index is 12.7. The number of ether oxygens (including phenoxy) is 2. The number of carbonyl (C=O) groups is 1. The molecule has 1 N–H and O–H groups in total. The van der Waals surface area contributed by atoms with Crippen LogP contribution in [0, 0.1) is 5.92 Å². The van der Waals surface area contributed by atoms with Gasteiger partial charge in [-0.25, -0.2) is 0 Å². The lowest BCUT2D eigenvalue weighted by Gasteiger charge is -2.17. The Morgan fingerprint density at radius 2 is 1.81 bits per heavy atom. The third-order valence-corrected chi connectivity index (χ3v) is 5.02. The van der Waals surface area contributed by atoms with E-state index in [-0.39, 0.29) is 11.8 Å². The summed E-state index contributed by atoms with van der Waals surface area (Å²) >= 11 is 5.97. The van der Waals surface area contributed by atoms with E-state index in [2.05, 4.69) is 5.32 Å². The van der Waals surface area contributed by atoms with Gasteiger partial charge in [-0.2, -0.15) is 0 Å². The van der Waals surface area contributed by atoms with Gasteiger partial charge in [-0.05, 0) is 60.6 Å². The summed E-state index contributed by atoms with van der Waals surface area (Å²) in [4.78, 5) is 12.7. The zero-order chi connectivity index (χ0) is 18.5. The van der Waals surface area contributed by atoms with Gasteiger partial charge < -0.3 is 14.8 Å². The number of halogens is 1. The number of amides is 1. The van der Waals surface area contributed by atoms with Crippen LogP contribution in [0.1, 0.15) is 29.9 Å². The highest BCUT2D eigenvalue weighted by Gasteiger charge is 2.37. The molecule has 0 aliphatic heterocycles. The van der Waals surface area contributed by atoms with Crippen molar-refractivity contribution < 1.29 is 14.3 Å². The zero-order valence-electron chi connectivity index (χ0n) is 15.1. The fourth-order valence-corrected chi connectivity index (χ4v) is 3.34. The van der Waals surface area contributed by atoms with Crippen LogP contribution in [0.5, 0.6) is 11.5 Å². The Bertz CT molecular complexity index is 756. The van der Waals surface area contributed by atoms with Gasteiger partial charge in [-0.3, -0.25) is 4.79 Å². The van der Waals surface area contributed by atoms with Crippen molar-refractivity contribution in [1.29, 1.82) is 0 Å². The van der Waals surface area contributed by atoms with E-state index >= 15 is 0 Å². The summed E-state index contributed by atoms with van der Waals surface area (Å²) in [5.41, 5.74) is 2.14. The Kier molecular flexibility index (Phi) is 6.04. The van der Waals surface area contributed by atoms with Gasteiger partial charge >= 0.3 is 0 Å². The molecule has 5 heteroatoms. The van der Waals surface area contributed by atoms with Gasteiger partial charge in [0.25, 0.3) is 0 Å². The zero-order valence-corrected chi connectivity index (χ0v) is 15.9. The summed E-state index contributed by atoms with van der Waals surface area (Å²) in [5, 5.41) is 3.78. The Balaban J connectivity index is 1.60. The number of carbonyl (C=O) groups excluding carboxylic acids is 1. The predicted octanol–water partition coefficient (Wildman–Crippen LogP) is 4.21. The number of hydrogen-bond acceptors (Lipinski definition) is 3.